The van der Waals surface area contributed by atoms with Crippen LogP contribution in [0.4, 0.5) is 0 Å². The molecule has 0 spiro atoms. The van der Waals surface area contributed by atoms with E-state index < -0.39 is 57.8 Å². The first kappa shape index (κ1) is 38.5. The number of aliphatic hydroxyl groups is 1. The molecular weight excluding hydrogens is 669 g/mol. The van der Waals surface area contributed by atoms with E-state index in [2.05, 4.69) is 15.7 Å². The van der Waals surface area contributed by atoms with E-state index in [1.165, 1.54) is 9.91 Å². The zero-order valence-electron chi connectivity index (χ0n) is 27.7. The Bertz CT molecular complexity index is 1490. The number of amides is 3. The van der Waals surface area contributed by atoms with Crippen LogP contribution in [0, 0.1) is 11.3 Å². The minimum atomic E-state index is -1.76. The molecule has 0 saturated carbocycles. The lowest BCUT2D eigenvalue weighted by Gasteiger charge is -2.37. The molecular formula is C33H44Cl3N5O6. The Hall–Kier alpha value is -2.96. The Labute approximate surface area is 290 Å². The molecule has 1 aliphatic heterocycles. The number of hydrogen-bond acceptors (Lipinski definition) is 8. The largest absolute Gasteiger partial charge is 0.460 e. The van der Waals surface area contributed by atoms with Gasteiger partial charge in [0.15, 0.2) is 0 Å². The monoisotopic (exact) mass is 711 g/mol. The van der Waals surface area contributed by atoms with Crippen LogP contribution < -0.4 is 10.7 Å². The number of aliphatic hydroxyl groups excluding tert-OH is 1. The number of fused-ring (bicyclic) bond motifs is 1. The summed E-state index contributed by atoms with van der Waals surface area (Å²) in [5, 5.41) is 15.8. The van der Waals surface area contributed by atoms with Gasteiger partial charge in [0, 0.05) is 25.2 Å². The van der Waals surface area contributed by atoms with Crippen LogP contribution in [0.3, 0.4) is 0 Å². The van der Waals surface area contributed by atoms with Gasteiger partial charge in [-0.25, -0.2) is 5.43 Å². The highest BCUT2D eigenvalue weighted by Crippen LogP contribution is 2.27. The summed E-state index contributed by atoms with van der Waals surface area (Å²) in [6.45, 7) is 10.3. The van der Waals surface area contributed by atoms with E-state index in [0.717, 1.165) is 16.3 Å². The molecule has 11 nitrogen and oxygen atoms in total. The lowest BCUT2D eigenvalue weighted by molar-refractivity contribution is -0.153. The maximum absolute atomic E-state index is 13.7. The van der Waals surface area contributed by atoms with Gasteiger partial charge in [-0.2, -0.15) is 0 Å². The van der Waals surface area contributed by atoms with E-state index >= 15 is 0 Å². The van der Waals surface area contributed by atoms with Gasteiger partial charge >= 0.3 is 5.97 Å². The van der Waals surface area contributed by atoms with Gasteiger partial charge in [-0.15, -0.1) is 0 Å². The summed E-state index contributed by atoms with van der Waals surface area (Å²) in [4.78, 5) is 58.8. The van der Waals surface area contributed by atoms with Crippen LogP contribution in [-0.2, 0) is 23.9 Å². The van der Waals surface area contributed by atoms with Gasteiger partial charge in [-0.05, 0) is 75.6 Å². The van der Waals surface area contributed by atoms with Crippen molar-refractivity contribution in [2.75, 3.05) is 20.2 Å². The average Bonchev–Trinajstić information content (AvgIpc) is 3.00. The summed E-state index contributed by atoms with van der Waals surface area (Å²) >= 11 is 17.0. The molecule has 1 saturated heterocycles. The molecule has 1 aromatic heterocycles. The zero-order chi connectivity index (χ0) is 35.3. The summed E-state index contributed by atoms with van der Waals surface area (Å²) in [5.74, 6) is -2.18. The molecule has 4 atom stereocenters. The molecule has 47 heavy (non-hydrogen) atoms. The zero-order valence-corrected chi connectivity index (χ0v) is 30.0. The SMILES string of the molecule is CC(C)[C@@H](C(=O)N[C@@H](C)C(=O)N1CCC[C@@H](C(=O)OCC(Cl)(Cl)Cl)N1)N(C)C(=O)C(C)(C)/C=C/c1cc2cc([C@@H](C)O)ccc2cn1. The van der Waals surface area contributed by atoms with Gasteiger partial charge in [-0.1, -0.05) is 66.9 Å². The number of hydrazine groups is 1. The van der Waals surface area contributed by atoms with E-state index in [9.17, 15) is 24.3 Å². The average molecular weight is 713 g/mol. The van der Waals surface area contributed by atoms with Crippen molar-refractivity contribution >= 4 is 75.3 Å². The number of aromatic nitrogens is 1. The van der Waals surface area contributed by atoms with Crippen LogP contribution in [0.5, 0.6) is 0 Å². The van der Waals surface area contributed by atoms with E-state index in [-0.39, 0.29) is 11.8 Å². The normalized spacial score (nSPS) is 17.8. The quantitative estimate of drug-likeness (QED) is 0.225. The van der Waals surface area contributed by atoms with Crippen LogP contribution in [0.1, 0.15) is 71.7 Å². The lowest BCUT2D eigenvalue weighted by Crippen LogP contribution is -2.61. The van der Waals surface area contributed by atoms with Gasteiger partial charge in [-0.3, -0.25) is 29.2 Å². The molecule has 2 aromatic rings. The first-order chi connectivity index (χ1) is 21.8. The van der Waals surface area contributed by atoms with Gasteiger partial charge in [0.25, 0.3) is 5.91 Å². The van der Waals surface area contributed by atoms with Crippen molar-refractivity contribution in [1.29, 1.82) is 0 Å². The Balaban J connectivity index is 1.67. The van der Waals surface area contributed by atoms with E-state index in [1.807, 2.05) is 38.1 Å². The molecule has 0 unspecified atom stereocenters. The van der Waals surface area contributed by atoms with Gasteiger partial charge < -0.3 is 20.1 Å². The fourth-order valence-electron chi connectivity index (χ4n) is 5.36. The highest BCUT2D eigenvalue weighted by Gasteiger charge is 2.38. The van der Waals surface area contributed by atoms with E-state index in [0.29, 0.717) is 25.1 Å². The number of ether oxygens (including phenoxy) is 1. The first-order valence-corrected chi connectivity index (χ1v) is 16.6. The van der Waals surface area contributed by atoms with Crippen molar-refractivity contribution in [3.63, 3.8) is 0 Å². The Morgan fingerprint density at radius 3 is 2.45 bits per heavy atom. The molecule has 3 rings (SSSR count). The Kier molecular flexibility index (Phi) is 13.1. The maximum Gasteiger partial charge on any atom is 0.325 e. The fraction of sp³-hybridized carbons (Fsp3) is 0.545. The molecule has 1 aliphatic rings. The molecule has 0 radical (unpaired) electrons. The molecule has 3 N–H and O–H groups in total. The summed E-state index contributed by atoms with van der Waals surface area (Å²) in [7, 11) is 1.57. The minimum absolute atomic E-state index is 0.276. The number of carbonyl (C=O) groups excluding carboxylic acids is 4. The maximum atomic E-state index is 13.7. The van der Waals surface area contributed by atoms with Crippen molar-refractivity contribution in [3.8, 4) is 0 Å². The summed E-state index contributed by atoms with van der Waals surface area (Å²) in [6.07, 6.45) is 5.57. The van der Waals surface area contributed by atoms with E-state index in [4.69, 9.17) is 39.5 Å². The molecule has 0 aliphatic carbocycles. The van der Waals surface area contributed by atoms with Crippen LogP contribution in [0.15, 0.2) is 36.5 Å². The number of hydrogen-bond donors (Lipinski definition) is 3. The molecule has 3 amide bonds. The van der Waals surface area contributed by atoms with Gasteiger partial charge in [0.1, 0.15) is 24.7 Å². The predicted octanol–water partition coefficient (Wildman–Crippen LogP) is 4.72. The molecule has 258 valence electrons. The standard InChI is InChI=1S/C33H44Cl3N5O6/c1-19(2)27(28(43)38-20(3)29(44)41-14-8-9-26(39-41)30(45)47-18-33(34,35)36)40(7)31(46)32(5,6)13-12-25-16-24-15-22(21(4)42)10-11-23(24)17-37-25/h10-13,15-17,19-21,26-27,39,42H,8-9,14,18H2,1-7H3,(H,38,43)/b13-12+/t20-,21+,26-,27-/m0/s1. The van der Waals surface area contributed by atoms with Crippen LogP contribution in [0.2, 0.25) is 0 Å². The number of halogens is 3. The number of rotatable bonds is 11. The number of nitrogens with one attached hydrogen (secondary N) is 2. The third-order valence-corrected chi connectivity index (χ3v) is 8.28. The van der Waals surface area contributed by atoms with Crippen molar-refractivity contribution in [2.45, 2.75) is 82.4 Å². The molecule has 1 fully saturated rings. The van der Waals surface area contributed by atoms with E-state index in [1.54, 1.807) is 53.1 Å². The summed E-state index contributed by atoms with van der Waals surface area (Å²) in [5.41, 5.74) is 3.27. The second-order valence-corrected chi connectivity index (χ2v) is 15.3. The number of likely N-dealkylation sites (N-methyl/N-ethyl adjacent to an activating group) is 1. The Morgan fingerprint density at radius 2 is 1.83 bits per heavy atom. The lowest BCUT2D eigenvalue weighted by atomic mass is 9.89. The predicted molar refractivity (Wildman–Crippen MR) is 183 cm³/mol. The van der Waals surface area contributed by atoms with Gasteiger partial charge in [0.05, 0.1) is 17.2 Å². The number of pyridine rings is 1. The van der Waals surface area contributed by atoms with Crippen molar-refractivity contribution < 1.29 is 29.0 Å². The number of alkyl halides is 3. The van der Waals surface area contributed by atoms with Gasteiger partial charge in [0.2, 0.25) is 15.6 Å². The first-order valence-electron chi connectivity index (χ1n) is 15.5. The van der Waals surface area contributed by atoms with Crippen molar-refractivity contribution in [2.24, 2.45) is 11.3 Å². The van der Waals surface area contributed by atoms with Crippen LogP contribution in [0.25, 0.3) is 16.8 Å². The van der Waals surface area contributed by atoms with Crippen LogP contribution in [-0.4, -0.2) is 85.8 Å². The summed E-state index contributed by atoms with van der Waals surface area (Å²) < 4.78 is 3.29. The second-order valence-electron chi connectivity index (χ2n) is 12.8. The van der Waals surface area contributed by atoms with Crippen molar-refractivity contribution in [3.05, 3.63) is 47.8 Å². The highest BCUT2D eigenvalue weighted by atomic mass is 35.6. The number of esters is 1. The van der Waals surface area contributed by atoms with Crippen LogP contribution >= 0.6 is 34.8 Å². The molecule has 0 bridgehead atoms. The number of benzene rings is 1. The molecule has 2 heterocycles. The van der Waals surface area contributed by atoms with Crippen molar-refractivity contribution in [1.82, 2.24) is 25.6 Å². The fourth-order valence-corrected chi connectivity index (χ4v) is 5.53. The highest BCUT2D eigenvalue weighted by molar-refractivity contribution is 6.67. The number of nitrogens with zero attached hydrogens (tertiary/aromatic N) is 3. The smallest absolute Gasteiger partial charge is 0.325 e. The third-order valence-electron chi connectivity index (χ3n) is 7.95. The summed E-state index contributed by atoms with van der Waals surface area (Å²) in [6, 6.07) is 4.89. The molecule has 1 aromatic carbocycles. The topological polar surface area (TPSA) is 141 Å². The number of carbonyl (C=O) groups is 4. The second kappa shape index (κ2) is 16.0. The minimum Gasteiger partial charge on any atom is -0.460 e. The Morgan fingerprint density at radius 1 is 1.15 bits per heavy atom. The third kappa shape index (κ3) is 10.5. The molecule has 14 heteroatoms.